The van der Waals surface area contributed by atoms with Gasteiger partial charge in [0.1, 0.15) is 22.9 Å². The number of methoxy groups -OCH3 is 1. The molecule has 0 bridgehead atoms. The zero-order valence-corrected chi connectivity index (χ0v) is 17.3. The molecule has 1 aliphatic heterocycles. The number of pyridine rings is 2. The van der Waals surface area contributed by atoms with Gasteiger partial charge in [-0.3, -0.25) is 4.79 Å². The number of nitrogens with zero attached hydrogens (tertiary/aromatic N) is 3. The fraction of sp³-hybridized carbons (Fsp3) is 0.409. The maximum absolute atomic E-state index is 12.9. The lowest BCUT2D eigenvalue weighted by molar-refractivity contribution is -0.141. The lowest BCUT2D eigenvalue weighted by atomic mass is 9.61. The van der Waals surface area contributed by atoms with Gasteiger partial charge < -0.3 is 19.2 Å². The van der Waals surface area contributed by atoms with Crippen LogP contribution in [0.3, 0.4) is 0 Å². The van der Waals surface area contributed by atoms with Gasteiger partial charge in [0.2, 0.25) is 0 Å². The lowest BCUT2D eigenvalue weighted by Crippen LogP contribution is -2.36. The van der Waals surface area contributed by atoms with Gasteiger partial charge in [0, 0.05) is 31.0 Å². The Morgan fingerprint density at radius 1 is 1.28 bits per heavy atom. The molecule has 1 amide bonds. The van der Waals surface area contributed by atoms with E-state index in [4.69, 9.17) is 14.5 Å². The minimum absolute atomic E-state index is 0.164. The van der Waals surface area contributed by atoms with Crippen LogP contribution in [-0.4, -0.2) is 40.6 Å². The maximum Gasteiger partial charge on any atom is 0.433 e. The number of nitrogens with one attached hydrogen (secondary N) is 1. The van der Waals surface area contributed by atoms with Crippen LogP contribution in [0.1, 0.15) is 46.9 Å². The number of halogens is 3. The van der Waals surface area contributed by atoms with Crippen molar-refractivity contribution in [3.05, 3.63) is 53.6 Å². The number of fused-ring (bicyclic) bond motifs is 1. The van der Waals surface area contributed by atoms with Crippen LogP contribution in [-0.2, 0) is 10.9 Å². The Labute approximate surface area is 181 Å². The Morgan fingerprint density at radius 2 is 2.09 bits per heavy atom. The molecule has 1 saturated carbocycles. The van der Waals surface area contributed by atoms with Crippen LogP contribution >= 0.6 is 0 Å². The molecule has 1 saturated heterocycles. The number of carbonyl (C=O) groups excluding carboxylic acids is 1. The largest absolute Gasteiger partial charge is 0.496 e. The summed E-state index contributed by atoms with van der Waals surface area (Å²) in [6.07, 6.45) is 2.00. The second-order valence-corrected chi connectivity index (χ2v) is 8.45. The van der Waals surface area contributed by atoms with Crippen LogP contribution in [0, 0.1) is 5.41 Å². The maximum atomic E-state index is 12.9. The molecular weight excluding hydrogens is 425 g/mol. The minimum atomic E-state index is -4.60. The summed E-state index contributed by atoms with van der Waals surface area (Å²) in [7, 11) is 1.42. The normalized spacial score (nSPS) is 22.8. The second-order valence-electron chi connectivity index (χ2n) is 8.45. The van der Waals surface area contributed by atoms with E-state index in [2.05, 4.69) is 10.3 Å². The number of rotatable bonds is 4. The number of hydrogen-bond donors (Lipinski definition) is 1. The Hall–Kier alpha value is -3.14. The molecule has 5 rings (SSSR count). The zero-order valence-electron chi connectivity index (χ0n) is 17.3. The highest BCUT2D eigenvalue weighted by Crippen LogP contribution is 2.55. The van der Waals surface area contributed by atoms with Crippen molar-refractivity contribution in [2.45, 2.75) is 31.4 Å². The van der Waals surface area contributed by atoms with Crippen LogP contribution in [0.25, 0.3) is 5.65 Å². The van der Waals surface area contributed by atoms with E-state index in [1.807, 2.05) is 6.20 Å². The van der Waals surface area contributed by atoms with E-state index in [0.717, 1.165) is 44.2 Å². The minimum Gasteiger partial charge on any atom is -0.496 e. The average molecular weight is 446 g/mol. The molecule has 32 heavy (non-hydrogen) atoms. The summed E-state index contributed by atoms with van der Waals surface area (Å²) in [5.74, 6) is -0.212. The monoisotopic (exact) mass is 446 g/mol. The molecule has 1 N–H and O–H groups in total. The number of amides is 1. The molecule has 3 aromatic heterocycles. The SMILES string of the molecule is COc1cc2nc(C3CC4(CCOC4)C3)cn2cc1C(=O)Nc1cccc(C(F)(F)F)n1. The first-order chi connectivity index (χ1) is 15.3. The molecule has 0 aromatic carbocycles. The first-order valence-electron chi connectivity index (χ1n) is 10.3. The van der Waals surface area contributed by atoms with Crippen molar-refractivity contribution in [2.75, 3.05) is 25.6 Å². The van der Waals surface area contributed by atoms with E-state index >= 15 is 0 Å². The third-order valence-corrected chi connectivity index (χ3v) is 6.28. The van der Waals surface area contributed by atoms with Crippen LogP contribution < -0.4 is 10.1 Å². The van der Waals surface area contributed by atoms with Crippen molar-refractivity contribution in [3.63, 3.8) is 0 Å². The Balaban J connectivity index is 1.39. The number of anilines is 1. The van der Waals surface area contributed by atoms with Crippen molar-refractivity contribution in [1.82, 2.24) is 14.4 Å². The summed E-state index contributed by atoms with van der Waals surface area (Å²) in [6, 6.07) is 4.98. The topological polar surface area (TPSA) is 77.8 Å². The molecule has 7 nitrogen and oxygen atoms in total. The van der Waals surface area contributed by atoms with E-state index in [-0.39, 0.29) is 22.5 Å². The molecule has 3 aromatic rings. The van der Waals surface area contributed by atoms with E-state index in [1.54, 1.807) is 16.7 Å². The first kappa shape index (κ1) is 20.7. The third-order valence-electron chi connectivity index (χ3n) is 6.28. The van der Waals surface area contributed by atoms with Crippen LogP contribution in [0.5, 0.6) is 5.75 Å². The highest BCUT2D eigenvalue weighted by molar-refractivity contribution is 6.05. The number of ether oxygens (including phenoxy) is 2. The van der Waals surface area contributed by atoms with Gasteiger partial charge >= 0.3 is 6.18 Å². The Bertz CT molecular complexity index is 1180. The molecule has 2 aliphatic rings. The van der Waals surface area contributed by atoms with Gasteiger partial charge in [0.25, 0.3) is 5.91 Å². The predicted molar refractivity (Wildman–Crippen MR) is 109 cm³/mol. The van der Waals surface area contributed by atoms with Gasteiger partial charge in [0.05, 0.1) is 25.0 Å². The standard InChI is InChI=1S/C22H21F3N4O3/c1-31-16-7-19-26-15(13-8-21(9-13)5-6-32-12-21)11-29(19)10-14(16)20(30)28-18-4-2-3-17(27-18)22(23,24)25/h2-4,7,10-11,13H,5-6,8-9,12H2,1H3,(H,27,28,30). The van der Waals surface area contributed by atoms with E-state index in [9.17, 15) is 18.0 Å². The number of aromatic nitrogens is 3. The molecule has 1 aliphatic carbocycles. The molecular formula is C22H21F3N4O3. The summed E-state index contributed by atoms with van der Waals surface area (Å²) in [4.78, 5) is 21.0. The molecule has 4 heterocycles. The molecule has 168 valence electrons. The fourth-order valence-electron chi connectivity index (χ4n) is 4.58. The van der Waals surface area contributed by atoms with Crippen LogP contribution in [0.15, 0.2) is 36.7 Å². The number of hydrogen-bond acceptors (Lipinski definition) is 5. The zero-order chi connectivity index (χ0) is 22.5. The van der Waals surface area contributed by atoms with Gasteiger partial charge in [-0.25, -0.2) is 9.97 Å². The fourth-order valence-corrected chi connectivity index (χ4v) is 4.58. The van der Waals surface area contributed by atoms with Crippen molar-refractivity contribution in [2.24, 2.45) is 5.41 Å². The molecule has 0 atom stereocenters. The summed E-state index contributed by atoms with van der Waals surface area (Å²) in [6.45, 7) is 1.62. The Kier molecular flexibility index (Phi) is 4.85. The van der Waals surface area contributed by atoms with Gasteiger partial charge in [-0.05, 0) is 36.8 Å². The number of alkyl halides is 3. The summed E-state index contributed by atoms with van der Waals surface area (Å²) in [5.41, 5.74) is 0.942. The predicted octanol–water partition coefficient (Wildman–Crippen LogP) is 4.29. The highest BCUT2D eigenvalue weighted by atomic mass is 19.4. The van der Waals surface area contributed by atoms with Gasteiger partial charge in [-0.15, -0.1) is 0 Å². The van der Waals surface area contributed by atoms with E-state index in [1.165, 1.54) is 19.2 Å². The van der Waals surface area contributed by atoms with E-state index < -0.39 is 17.8 Å². The molecule has 10 heteroatoms. The van der Waals surface area contributed by atoms with Crippen molar-refractivity contribution in [3.8, 4) is 5.75 Å². The quantitative estimate of drug-likeness (QED) is 0.647. The first-order valence-corrected chi connectivity index (χ1v) is 10.3. The van der Waals surface area contributed by atoms with Crippen LogP contribution in [0.4, 0.5) is 19.0 Å². The van der Waals surface area contributed by atoms with Gasteiger partial charge in [-0.1, -0.05) is 6.07 Å². The molecule has 2 fully saturated rings. The van der Waals surface area contributed by atoms with E-state index in [0.29, 0.717) is 11.6 Å². The third kappa shape index (κ3) is 3.68. The van der Waals surface area contributed by atoms with Crippen LogP contribution in [0.2, 0.25) is 0 Å². The van der Waals surface area contributed by atoms with Crippen molar-refractivity contribution < 1.29 is 27.4 Å². The smallest absolute Gasteiger partial charge is 0.433 e. The number of carbonyl (C=O) groups is 1. The van der Waals surface area contributed by atoms with Crippen molar-refractivity contribution in [1.29, 1.82) is 0 Å². The summed E-state index contributed by atoms with van der Waals surface area (Å²) in [5, 5.41) is 2.42. The summed E-state index contributed by atoms with van der Waals surface area (Å²) < 4.78 is 51.3. The molecule has 1 spiro atoms. The highest BCUT2D eigenvalue weighted by Gasteiger charge is 2.48. The number of imidazole rings is 1. The molecule has 0 radical (unpaired) electrons. The lowest BCUT2D eigenvalue weighted by Gasteiger charge is -2.43. The van der Waals surface area contributed by atoms with Crippen molar-refractivity contribution >= 4 is 17.4 Å². The average Bonchev–Trinajstić information content (AvgIpc) is 3.38. The van der Waals surface area contributed by atoms with Gasteiger partial charge in [-0.2, -0.15) is 13.2 Å². The van der Waals surface area contributed by atoms with Gasteiger partial charge in [0.15, 0.2) is 0 Å². The summed E-state index contributed by atoms with van der Waals surface area (Å²) >= 11 is 0. The molecule has 0 unspecified atom stereocenters. The second kappa shape index (κ2) is 7.47. The Morgan fingerprint density at radius 3 is 2.78 bits per heavy atom.